The molecule has 0 N–H and O–H groups in total. The Labute approximate surface area is 75.5 Å². The van der Waals surface area contributed by atoms with Crippen molar-refractivity contribution in [3.8, 4) is 0 Å². The summed E-state index contributed by atoms with van der Waals surface area (Å²) in [5.41, 5.74) is 0.637. The van der Waals surface area contributed by atoms with E-state index < -0.39 is 5.97 Å². The molecule has 0 saturated carbocycles. The monoisotopic (exact) mass is 179 g/mol. The fourth-order valence-corrected chi connectivity index (χ4v) is 0.829. The molecular formula is C9H9NO3. The lowest BCUT2D eigenvalue weighted by Gasteiger charge is -1.99. The molecule has 0 atom stereocenters. The minimum absolute atomic E-state index is 0.106. The summed E-state index contributed by atoms with van der Waals surface area (Å²) in [6, 6.07) is 5.28. The molecule has 1 heterocycles. The van der Waals surface area contributed by atoms with Gasteiger partial charge in [-0.25, -0.2) is 0 Å². The van der Waals surface area contributed by atoms with E-state index in [0.717, 1.165) is 0 Å². The third kappa shape index (κ3) is 3.46. The number of carbonyl (C=O) groups excluding carboxylic acids is 2. The van der Waals surface area contributed by atoms with Gasteiger partial charge in [-0.2, -0.15) is 0 Å². The first-order valence-corrected chi connectivity index (χ1v) is 3.82. The molecule has 0 aliphatic heterocycles. The predicted octanol–water partition coefficient (Wildman–Crippen LogP) is 0.366. The maximum Gasteiger partial charge on any atom is 0.312 e. The number of hydrogen-bond donors (Lipinski definition) is 0. The largest absolute Gasteiger partial charge is 0.458 e. The summed E-state index contributed by atoms with van der Waals surface area (Å²) >= 11 is 0. The second-order valence-electron chi connectivity index (χ2n) is 2.35. The van der Waals surface area contributed by atoms with Crippen LogP contribution in [-0.2, 0) is 20.7 Å². The Balaban J connectivity index is 2.41. The zero-order valence-electron chi connectivity index (χ0n) is 6.97. The van der Waals surface area contributed by atoms with Gasteiger partial charge in [0.05, 0.1) is 12.1 Å². The van der Waals surface area contributed by atoms with Gasteiger partial charge in [0.25, 0.3) is 0 Å². The predicted molar refractivity (Wildman–Crippen MR) is 45.0 cm³/mol. The maximum absolute atomic E-state index is 11.0. The maximum atomic E-state index is 11.0. The lowest BCUT2D eigenvalue weighted by molar-refractivity contribution is -0.144. The fraction of sp³-hybridized carbons (Fsp3) is 0.222. The van der Waals surface area contributed by atoms with Gasteiger partial charge in [-0.1, -0.05) is 6.07 Å². The molecule has 1 rings (SSSR count). The molecule has 13 heavy (non-hydrogen) atoms. The molecule has 0 fully saturated rings. The van der Waals surface area contributed by atoms with Crippen molar-refractivity contribution < 1.29 is 14.3 Å². The molecule has 68 valence electrons. The molecule has 0 aliphatic rings. The molecule has 0 unspecified atom stereocenters. The van der Waals surface area contributed by atoms with Crippen LogP contribution in [0.25, 0.3) is 0 Å². The summed E-state index contributed by atoms with van der Waals surface area (Å²) in [5, 5.41) is 0. The number of aldehydes is 1. The third-order valence-corrected chi connectivity index (χ3v) is 1.36. The summed E-state index contributed by atoms with van der Waals surface area (Å²) in [6.45, 7) is -0.189. The highest BCUT2D eigenvalue weighted by molar-refractivity contribution is 5.73. The van der Waals surface area contributed by atoms with E-state index in [1.807, 2.05) is 0 Å². The van der Waals surface area contributed by atoms with Crippen molar-refractivity contribution in [2.75, 3.05) is 6.61 Å². The van der Waals surface area contributed by atoms with E-state index in [0.29, 0.717) is 12.0 Å². The van der Waals surface area contributed by atoms with Gasteiger partial charge in [-0.15, -0.1) is 0 Å². The number of hydrogen-bond acceptors (Lipinski definition) is 4. The smallest absolute Gasteiger partial charge is 0.312 e. The fourth-order valence-electron chi connectivity index (χ4n) is 0.829. The third-order valence-electron chi connectivity index (χ3n) is 1.36. The Kier molecular flexibility index (Phi) is 3.63. The average Bonchev–Trinajstić information content (AvgIpc) is 2.16. The van der Waals surface area contributed by atoms with Gasteiger partial charge >= 0.3 is 5.97 Å². The molecule has 0 saturated heterocycles. The van der Waals surface area contributed by atoms with E-state index in [1.165, 1.54) is 0 Å². The van der Waals surface area contributed by atoms with Crippen LogP contribution in [0.1, 0.15) is 5.69 Å². The number of carbonyl (C=O) groups is 2. The van der Waals surface area contributed by atoms with Crippen LogP contribution in [0.15, 0.2) is 24.4 Å². The number of esters is 1. The van der Waals surface area contributed by atoms with Gasteiger partial charge in [-0.3, -0.25) is 14.6 Å². The van der Waals surface area contributed by atoms with Crippen LogP contribution in [0.3, 0.4) is 0 Å². The van der Waals surface area contributed by atoms with Crippen molar-refractivity contribution in [1.82, 2.24) is 4.98 Å². The highest BCUT2D eigenvalue weighted by Crippen LogP contribution is 1.95. The molecule has 1 aromatic rings. The first-order valence-electron chi connectivity index (χ1n) is 3.82. The summed E-state index contributed by atoms with van der Waals surface area (Å²) < 4.78 is 4.55. The Morgan fingerprint density at radius 1 is 1.54 bits per heavy atom. The number of nitrogens with zero attached hydrogens (tertiary/aromatic N) is 1. The van der Waals surface area contributed by atoms with Crippen molar-refractivity contribution in [2.45, 2.75) is 6.42 Å². The molecule has 0 radical (unpaired) electrons. The van der Waals surface area contributed by atoms with Gasteiger partial charge in [0.15, 0.2) is 6.29 Å². The number of aromatic nitrogens is 1. The van der Waals surface area contributed by atoms with Crippen molar-refractivity contribution in [1.29, 1.82) is 0 Å². The number of pyridine rings is 1. The molecule has 0 bridgehead atoms. The van der Waals surface area contributed by atoms with Gasteiger partial charge in [0.1, 0.15) is 6.61 Å². The zero-order valence-corrected chi connectivity index (χ0v) is 6.97. The van der Waals surface area contributed by atoms with E-state index in [9.17, 15) is 9.59 Å². The van der Waals surface area contributed by atoms with E-state index >= 15 is 0 Å². The van der Waals surface area contributed by atoms with E-state index in [4.69, 9.17) is 0 Å². The summed E-state index contributed by atoms with van der Waals surface area (Å²) in [6.07, 6.45) is 2.24. The molecule has 0 amide bonds. The van der Waals surface area contributed by atoms with Crippen LogP contribution < -0.4 is 0 Å². The van der Waals surface area contributed by atoms with Crippen molar-refractivity contribution in [3.63, 3.8) is 0 Å². The second kappa shape index (κ2) is 5.03. The minimum atomic E-state index is -0.439. The van der Waals surface area contributed by atoms with E-state index in [-0.39, 0.29) is 13.0 Å². The molecule has 4 heteroatoms. The van der Waals surface area contributed by atoms with Crippen LogP contribution in [0.2, 0.25) is 0 Å². The van der Waals surface area contributed by atoms with Gasteiger partial charge < -0.3 is 4.74 Å². The molecule has 1 aromatic heterocycles. The standard InChI is InChI=1S/C9H9NO3/c11-5-6-13-9(12)7-8-3-1-2-4-10-8/h1-5H,6-7H2. The SMILES string of the molecule is O=CCOC(=O)Cc1ccccn1. The summed E-state index contributed by atoms with van der Waals surface area (Å²) in [5.74, 6) is -0.439. The minimum Gasteiger partial charge on any atom is -0.458 e. The van der Waals surface area contributed by atoms with Crippen LogP contribution in [0, 0.1) is 0 Å². The summed E-state index contributed by atoms with van der Waals surface area (Å²) in [4.78, 5) is 24.8. The quantitative estimate of drug-likeness (QED) is 0.495. The first-order chi connectivity index (χ1) is 6.33. The van der Waals surface area contributed by atoms with Gasteiger partial charge in [0, 0.05) is 6.20 Å². The molecule has 0 aliphatic carbocycles. The Bertz CT molecular complexity index is 284. The van der Waals surface area contributed by atoms with E-state index in [2.05, 4.69) is 9.72 Å². The molecule has 4 nitrogen and oxygen atoms in total. The van der Waals surface area contributed by atoms with Crippen LogP contribution in [0.5, 0.6) is 0 Å². The lowest BCUT2D eigenvalue weighted by atomic mass is 10.3. The van der Waals surface area contributed by atoms with Crippen LogP contribution in [-0.4, -0.2) is 23.8 Å². The van der Waals surface area contributed by atoms with Gasteiger partial charge in [-0.05, 0) is 12.1 Å². The normalized spacial score (nSPS) is 9.23. The second-order valence-corrected chi connectivity index (χ2v) is 2.35. The zero-order chi connectivity index (χ0) is 9.52. The number of ether oxygens (including phenoxy) is 1. The van der Waals surface area contributed by atoms with Gasteiger partial charge in [0.2, 0.25) is 0 Å². The Hall–Kier alpha value is -1.71. The van der Waals surface area contributed by atoms with Crippen molar-refractivity contribution >= 4 is 12.3 Å². The Morgan fingerprint density at radius 3 is 3.00 bits per heavy atom. The molecule has 0 spiro atoms. The molecular weight excluding hydrogens is 170 g/mol. The highest BCUT2D eigenvalue weighted by Gasteiger charge is 2.03. The van der Waals surface area contributed by atoms with Crippen LogP contribution in [0.4, 0.5) is 0 Å². The lowest BCUT2D eigenvalue weighted by Crippen LogP contribution is -2.10. The molecule has 0 aromatic carbocycles. The van der Waals surface area contributed by atoms with Crippen molar-refractivity contribution in [3.05, 3.63) is 30.1 Å². The summed E-state index contributed by atoms with van der Waals surface area (Å²) in [7, 11) is 0. The average molecular weight is 179 g/mol. The number of rotatable bonds is 4. The Morgan fingerprint density at radius 2 is 2.38 bits per heavy atom. The van der Waals surface area contributed by atoms with E-state index in [1.54, 1.807) is 24.4 Å². The first kappa shape index (κ1) is 9.38. The van der Waals surface area contributed by atoms with Crippen molar-refractivity contribution in [2.24, 2.45) is 0 Å². The highest BCUT2D eigenvalue weighted by atomic mass is 16.5. The van der Waals surface area contributed by atoms with Crippen LogP contribution >= 0.6 is 0 Å². The topological polar surface area (TPSA) is 56.3 Å².